The van der Waals surface area contributed by atoms with Crippen LogP contribution in [0, 0.1) is 5.92 Å². The number of para-hydroxylation sites is 1. The standard InChI is InChI=1S/C16H24N2O/c1-12-7-3-5-9-14(12)18-15-10-6-4-8-13(15)11-16(19)17-2/h4,6,8,10,12,14,18H,3,5,7,9,11H2,1-2H3,(H,17,19). The molecule has 1 aliphatic rings. The van der Waals surface area contributed by atoms with E-state index >= 15 is 0 Å². The van der Waals surface area contributed by atoms with Crippen LogP contribution in [0.2, 0.25) is 0 Å². The Hall–Kier alpha value is -1.51. The zero-order valence-corrected chi connectivity index (χ0v) is 11.9. The fraction of sp³-hybridized carbons (Fsp3) is 0.562. The fourth-order valence-electron chi connectivity index (χ4n) is 2.81. The largest absolute Gasteiger partial charge is 0.382 e. The van der Waals surface area contributed by atoms with E-state index in [4.69, 9.17) is 0 Å². The van der Waals surface area contributed by atoms with Gasteiger partial charge in [0.05, 0.1) is 6.42 Å². The molecular formula is C16H24N2O. The normalized spacial score (nSPS) is 22.8. The Morgan fingerprint density at radius 3 is 2.74 bits per heavy atom. The number of anilines is 1. The number of benzene rings is 1. The zero-order chi connectivity index (χ0) is 13.7. The monoisotopic (exact) mass is 260 g/mol. The summed E-state index contributed by atoms with van der Waals surface area (Å²) >= 11 is 0. The molecule has 0 spiro atoms. The van der Waals surface area contributed by atoms with Crippen LogP contribution in [-0.2, 0) is 11.2 Å². The van der Waals surface area contributed by atoms with E-state index in [1.54, 1.807) is 7.05 Å². The number of carbonyl (C=O) groups excluding carboxylic acids is 1. The molecule has 0 aromatic heterocycles. The Bertz CT molecular complexity index is 431. The summed E-state index contributed by atoms with van der Waals surface area (Å²) in [6.07, 6.45) is 5.63. The summed E-state index contributed by atoms with van der Waals surface area (Å²) in [7, 11) is 1.68. The molecule has 1 aromatic carbocycles. The molecule has 0 saturated heterocycles. The predicted octanol–water partition coefficient (Wildman–Crippen LogP) is 2.97. The average Bonchev–Trinajstić information content (AvgIpc) is 2.43. The Morgan fingerprint density at radius 2 is 2.00 bits per heavy atom. The van der Waals surface area contributed by atoms with Gasteiger partial charge in [-0.15, -0.1) is 0 Å². The number of amides is 1. The van der Waals surface area contributed by atoms with Crippen LogP contribution in [0.25, 0.3) is 0 Å². The molecule has 1 amide bonds. The van der Waals surface area contributed by atoms with E-state index in [2.05, 4.69) is 23.6 Å². The molecule has 3 heteroatoms. The summed E-state index contributed by atoms with van der Waals surface area (Å²) in [6, 6.07) is 8.68. The molecule has 2 atom stereocenters. The van der Waals surface area contributed by atoms with Gasteiger partial charge in [0.2, 0.25) is 5.91 Å². The van der Waals surface area contributed by atoms with Gasteiger partial charge in [-0.3, -0.25) is 4.79 Å². The minimum Gasteiger partial charge on any atom is -0.382 e. The highest BCUT2D eigenvalue weighted by atomic mass is 16.1. The van der Waals surface area contributed by atoms with Gasteiger partial charge >= 0.3 is 0 Å². The number of likely N-dealkylation sites (N-methyl/N-ethyl adjacent to an activating group) is 1. The van der Waals surface area contributed by atoms with Crippen molar-refractivity contribution in [2.45, 2.75) is 45.1 Å². The highest BCUT2D eigenvalue weighted by Crippen LogP contribution is 2.28. The zero-order valence-electron chi connectivity index (χ0n) is 11.9. The van der Waals surface area contributed by atoms with Crippen molar-refractivity contribution in [3.8, 4) is 0 Å². The van der Waals surface area contributed by atoms with Crippen LogP contribution in [0.15, 0.2) is 24.3 Å². The molecule has 1 aliphatic carbocycles. The third kappa shape index (κ3) is 3.72. The van der Waals surface area contributed by atoms with E-state index in [1.807, 2.05) is 18.2 Å². The van der Waals surface area contributed by atoms with Gasteiger partial charge in [-0.25, -0.2) is 0 Å². The van der Waals surface area contributed by atoms with Gasteiger partial charge < -0.3 is 10.6 Å². The molecule has 2 rings (SSSR count). The summed E-state index contributed by atoms with van der Waals surface area (Å²) in [4.78, 5) is 11.6. The number of hydrogen-bond donors (Lipinski definition) is 2. The molecule has 2 unspecified atom stereocenters. The molecule has 19 heavy (non-hydrogen) atoms. The van der Waals surface area contributed by atoms with Gasteiger partial charge in [0.15, 0.2) is 0 Å². The van der Waals surface area contributed by atoms with Crippen molar-refractivity contribution < 1.29 is 4.79 Å². The summed E-state index contributed by atoms with van der Waals surface area (Å²) in [5.41, 5.74) is 2.20. The lowest BCUT2D eigenvalue weighted by Crippen LogP contribution is -2.31. The van der Waals surface area contributed by atoms with Crippen LogP contribution < -0.4 is 10.6 Å². The van der Waals surface area contributed by atoms with E-state index in [0.29, 0.717) is 18.4 Å². The first-order chi connectivity index (χ1) is 9.20. The second kappa shape index (κ2) is 6.60. The van der Waals surface area contributed by atoms with Gasteiger partial charge in [0.1, 0.15) is 0 Å². The second-order valence-electron chi connectivity index (χ2n) is 5.52. The topological polar surface area (TPSA) is 41.1 Å². The first-order valence-electron chi connectivity index (χ1n) is 7.25. The summed E-state index contributed by atoms with van der Waals surface area (Å²) in [5.74, 6) is 0.771. The van der Waals surface area contributed by atoms with Crippen LogP contribution >= 0.6 is 0 Å². The summed E-state index contributed by atoms with van der Waals surface area (Å²) in [6.45, 7) is 2.32. The first kappa shape index (κ1) is 13.9. The van der Waals surface area contributed by atoms with Gasteiger partial charge in [-0.05, 0) is 30.4 Å². The van der Waals surface area contributed by atoms with Crippen molar-refractivity contribution in [2.75, 3.05) is 12.4 Å². The SMILES string of the molecule is CNC(=O)Cc1ccccc1NC1CCCCC1C. The van der Waals surface area contributed by atoms with Crippen molar-refractivity contribution in [1.29, 1.82) is 0 Å². The maximum Gasteiger partial charge on any atom is 0.224 e. The van der Waals surface area contributed by atoms with E-state index < -0.39 is 0 Å². The predicted molar refractivity (Wildman–Crippen MR) is 79.3 cm³/mol. The molecule has 0 aliphatic heterocycles. The van der Waals surface area contributed by atoms with Crippen molar-refractivity contribution in [3.63, 3.8) is 0 Å². The Kier molecular flexibility index (Phi) is 4.83. The molecule has 1 aromatic rings. The molecule has 1 fully saturated rings. The van der Waals surface area contributed by atoms with Gasteiger partial charge in [0, 0.05) is 18.8 Å². The Balaban J connectivity index is 2.08. The highest BCUT2D eigenvalue weighted by Gasteiger charge is 2.21. The molecule has 0 radical (unpaired) electrons. The summed E-state index contributed by atoms with van der Waals surface area (Å²) in [5, 5.41) is 6.34. The smallest absolute Gasteiger partial charge is 0.224 e. The van der Waals surface area contributed by atoms with Crippen molar-refractivity contribution in [1.82, 2.24) is 5.32 Å². The molecule has 104 valence electrons. The van der Waals surface area contributed by atoms with Crippen molar-refractivity contribution >= 4 is 11.6 Å². The Labute approximate surface area is 115 Å². The second-order valence-corrected chi connectivity index (χ2v) is 5.52. The van der Waals surface area contributed by atoms with Gasteiger partial charge in [-0.2, -0.15) is 0 Å². The highest BCUT2D eigenvalue weighted by molar-refractivity contribution is 5.80. The maximum absolute atomic E-state index is 11.6. The van der Waals surface area contributed by atoms with Gasteiger partial charge in [0.25, 0.3) is 0 Å². The van der Waals surface area contributed by atoms with Crippen LogP contribution in [0.3, 0.4) is 0 Å². The number of hydrogen-bond acceptors (Lipinski definition) is 2. The van der Waals surface area contributed by atoms with Crippen molar-refractivity contribution in [2.24, 2.45) is 5.92 Å². The molecule has 3 nitrogen and oxygen atoms in total. The van der Waals surface area contributed by atoms with Crippen LogP contribution in [0.4, 0.5) is 5.69 Å². The lowest BCUT2D eigenvalue weighted by atomic mass is 9.85. The van der Waals surface area contributed by atoms with E-state index in [9.17, 15) is 4.79 Å². The molecule has 0 heterocycles. The summed E-state index contributed by atoms with van der Waals surface area (Å²) < 4.78 is 0. The minimum atomic E-state index is 0.0611. The molecule has 1 saturated carbocycles. The van der Waals surface area contributed by atoms with E-state index in [-0.39, 0.29) is 5.91 Å². The van der Waals surface area contributed by atoms with Crippen LogP contribution in [0.5, 0.6) is 0 Å². The van der Waals surface area contributed by atoms with Crippen molar-refractivity contribution in [3.05, 3.63) is 29.8 Å². The van der Waals surface area contributed by atoms with Crippen LogP contribution in [0.1, 0.15) is 38.2 Å². The third-order valence-electron chi connectivity index (χ3n) is 4.10. The fourth-order valence-corrected chi connectivity index (χ4v) is 2.81. The molecule has 0 bridgehead atoms. The quantitative estimate of drug-likeness (QED) is 0.874. The Morgan fingerprint density at radius 1 is 1.26 bits per heavy atom. The number of rotatable bonds is 4. The average molecular weight is 260 g/mol. The first-order valence-corrected chi connectivity index (χ1v) is 7.25. The maximum atomic E-state index is 11.6. The van der Waals surface area contributed by atoms with Crippen LogP contribution in [-0.4, -0.2) is 19.0 Å². The van der Waals surface area contributed by atoms with E-state index in [0.717, 1.165) is 11.3 Å². The third-order valence-corrected chi connectivity index (χ3v) is 4.10. The molecule has 2 N–H and O–H groups in total. The molecular weight excluding hydrogens is 236 g/mol. The number of nitrogens with one attached hydrogen (secondary N) is 2. The minimum absolute atomic E-state index is 0.0611. The van der Waals surface area contributed by atoms with Gasteiger partial charge in [-0.1, -0.05) is 38.0 Å². The number of carbonyl (C=O) groups is 1. The lowest BCUT2D eigenvalue weighted by molar-refractivity contribution is -0.119. The lowest BCUT2D eigenvalue weighted by Gasteiger charge is -2.31. The van der Waals surface area contributed by atoms with E-state index in [1.165, 1.54) is 25.7 Å².